The van der Waals surface area contributed by atoms with Crippen molar-refractivity contribution in [2.24, 2.45) is 5.92 Å². The summed E-state index contributed by atoms with van der Waals surface area (Å²) in [6.07, 6.45) is 3.55. The maximum Gasteiger partial charge on any atom is 0.337 e. The Morgan fingerprint density at radius 3 is 2.67 bits per heavy atom. The molecule has 1 aromatic rings. The molecule has 0 radical (unpaired) electrons. The first-order valence-corrected chi connectivity index (χ1v) is 6.60. The van der Waals surface area contributed by atoms with Crippen LogP contribution >= 0.6 is 0 Å². The van der Waals surface area contributed by atoms with Gasteiger partial charge >= 0.3 is 5.97 Å². The number of ether oxygens (including phenoxy) is 1. The number of carboxylic acid groups (broad SMARTS) is 1. The Bertz CT molecular complexity index is 388. The van der Waals surface area contributed by atoms with Gasteiger partial charge in [0.25, 0.3) is 0 Å². The fourth-order valence-electron chi connectivity index (χ4n) is 2.60. The monoisotopic (exact) mass is 248 g/mol. The third-order valence-corrected chi connectivity index (χ3v) is 3.54. The molecule has 0 aromatic heterocycles. The van der Waals surface area contributed by atoms with Crippen molar-refractivity contribution >= 4 is 5.97 Å². The molecule has 1 saturated carbocycles. The van der Waals surface area contributed by atoms with E-state index in [9.17, 15) is 9.90 Å². The van der Waals surface area contributed by atoms with Crippen LogP contribution in [0.25, 0.3) is 0 Å². The minimum Gasteiger partial charge on any atom is -0.479 e. The molecule has 1 fully saturated rings. The van der Waals surface area contributed by atoms with Crippen molar-refractivity contribution < 1.29 is 14.6 Å². The molecule has 0 aliphatic heterocycles. The summed E-state index contributed by atoms with van der Waals surface area (Å²) in [5.74, 6) is -0.270. The van der Waals surface area contributed by atoms with Crippen molar-refractivity contribution in [3.8, 4) is 0 Å². The van der Waals surface area contributed by atoms with E-state index < -0.39 is 12.1 Å². The number of carbonyl (C=O) groups is 1. The van der Waals surface area contributed by atoms with Crippen molar-refractivity contribution in [2.45, 2.75) is 44.8 Å². The average Bonchev–Trinajstić information content (AvgIpc) is 2.37. The predicted molar refractivity (Wildman–Crippen MR) is 69.3 cm³/mol. The third kappa shape index (κ3) is 3.33. The Kier molecular flexibility index (Phi) is 4.37. The normalized spacial score (nSPS) is 25.6. The molecular weight excluding hydrogens is 228 g/mol. The van der Waals surface area contributed by atoms with Crippen LogP contribution in [0.4, 0.5) is 0 Å². The molecule has 3 nitrogen and oxygen atoms in total. The molecule has 1 aliphatic carbocycles. The molecule has 1 aromatic carbocycles. The first kappa shape index (κ1) is 13.1. The fourth-order valence-corrected chi connectivity index (χ4v) is 2.60. The molecule has 1 aliphatic rings. The highest BCUT2D eigenvalue weighted by molar-refractivity contribution is 5.74. The van der Waals surface area contributed by atoms with E-state index in [2.05, 4.69) is 6.92 Å². The van der Waals surface area contributed by atoms with Crippen LogP contribution in [-0.4, -0.2) is 17.2 Å². The lowest BCUT2D eigenvalue weighted by Gasteiger charge is -2.29. The number of hydrogen-bond donors (Lipinski definition) is 1. The van der Waals surface area contributed by atoms with Gasteiger partial charge in [-0.25, -0.2) is 4.79 Å². The summed E-state index contributed by atoms with van der Waals surface area (Å²) in [6, 6.07) is 9.19. The number of benzene rings is 1. The highest BCUT2D eigenvalue weighted by atomic mass is 16.5. The Balaban J connectivity index is 2.05. The molecule has 18 heavy (non-hydrogen) atoms. The van der Waals surface area contributed by atoms with Gasteiger partial charge in [-0.1, -0.05) is 50.1 Å². The van der Waals surface area contributed by atoms with Gasteiger partial charge in [0.2, 0.25) is 0 Å². The molecular formula is C15H20O3. The summed E-state index contributed by atoms with van der Waals surface area (Å²) in [5, 5.41) is 9.30. The number of aliphatic carboxylic acids is 1. The zero-order valence-electron chi connectivity index (χ0n) is 10.7. The van der Waals surface area contributed by atoms with Crippen LogP contribution in [0.5, 0.6) is 0 Å². The molecule has 0 saturated heterocycles. The van der Waals surface area contributed by atoms with Gasteiger partial charge in [-0.3, -0.25) is 0 Å². The summed E-state index contributed by atoms with van der Waals surface area (Å²) in [7, 11) is 0. The Morgan fingerprint density at radius 1 is 1.33 bits per heavy atom. The van der Waals surface area contributed by atoms with Crippen molar-refractivity contribution in [1.29, 1.82) is 0 Å². The van der Waals surface area contributed by atoms with Crippen LogP contribution in [0, 0.1) is 5.92 Å². The predicted octanol–water partition coefficient (Wildman–Crippen LogP) is 3.41. The van der Waals surface area contributed by atoms with Crippen LogP contribution in [0.15, 0.2) is 30.3 Å². The molecule has 98 valence electrons. The van der Waals surface area contributed by atoms with E-state index in [4.69, 9.17) is 4.74 Å². The smallest absolute Gasteiger partial charge is 0.337 e. The lowest BCUT2D eigenvalue weighted by Crippen LogP contribution is -2.27. The summed E-state index contributed by atoms with van der Waals surface area (Å²) >= 11 is 0. The van der Waals surface area contributed by atoms with Crippen LogP contribution < -0.4 is 0 Å². The van der Waals surface area contributed by atoms with E-state index in [1.165, 1.54) is 6.42 Å². The lowest BCUT2D eigenvalue weighted by atomic mass is 9.88. The second kappa shape index (κ2) is 6.01. The standard InChI is InChI=1S/C15H20O3/c1-11-6-5-9-13(10-11)18-14(15(16)17)12-7-3-2-4-8-12/h2-4,7-8,11,13-14H,5-6,9-10H2,1H3,(H,16,17). The molecule has 0 spiro atoms. The highest BCUT2D eigenvalue weighted by Gasteiger charge is 2.27. The number of hydrogen-bond acceptors (Lipinski definition) is 2. The highest BCUT2D eigenvalue weighted by Crippen LogP contribution is 2.30. The van der Waals surface area contributed by atoms with Crippen molar-refractivity contribution in [3.63, 3.8) is 0 Å². The van der Waals surface area contributed by atoms with Gasteiger partial charge in [0, 0.05) is 0 Å². The molecule has 2 rings (SSSR count). The van der Waals surface area contributed by atoms with Gasteiger partial charge in [0.05, 0.1) is 6.10 Å². The van der Waals surface area contributed by atoms with Crippen molar-refractivity contribution in [3.05, 3.63) is 35.9 Å². The fraction of sp³-hybridized carbons (Fsp3) is 0.533. The molecule has 1 N–H and O–H groups in total. The Hall–Kier alpha value is -1.35. The zero-order chi connectivity index (χ0) is 13.0. The molecule has 0 amide bonds. The van der Waals surface area contributed by atoms with Crippen LogP contribution in [0.2, 0.25) is 0 Å². The maximum atomic E-state index is 11.3. The summed E-state index contributed by atoms with van der Waals surface area (Å²) in [6.45, 7) is 2.20. The minimum atomic E-state index is -0.903. The van der Waals surface area contributed by atoms with Gasteiger partial charge in [-0.2, -0.15) is 0 Å². The number of rotatable bonds is 4. The molecule has 3 heteroatoms. The van der Waals surface area contributed by atoms with Crippen molar-refractivity contribution in [2.75, 3.05) is 0 Å². The molecule has 3 atom stereocenters. The second-order valence-corrected chi connectivity index (χ2v) is 5.16. The first-order valence-electron chi connectivity index (χ1n) is 6.60. The maximum absolute atomic E-state index is 11.3. The van der Waals surface area contributed by atoms with E-state index in [-0.39, 0.29) is 6.10 Å². The summed E-state index contributed by atoms with van der Waals surface area (Å²) in [5.41, 5.74) is 0.725. The van der Waals surface area contributed by atoms with Crippen LogP contribution in [0.3, 0.4) is 0 Å². The molecule has 0 bridgehead atoms. The van der Waals surface area contributed by atoms with E-state index in [1.54, 1.807) is 0 Å². The second-order valence-electron chi connectivity index (χ2n) is 5.16. The minimum absolute atomic E-state index is 0.0788. The van der Waals surface area contributed by atoms with Gasteiger partial charge < -0.3 is 9.84 Å². The largest absolute Gasteiger partial charge is 0.479 e. The van der Waals surface area contributed by atoms with E-state index in [0.29, 0.717) is 5.92 Å². The molecule has 3 unspecified atom stereocenters. The SMILES string of the molecule is CC1CCCC(OC(C(=O)O)c2ccccc2)C1. The summed E-state index contributed by atoms with van der Waals surface area (Å²) < 4.78 is 5.81. The lowest BCUT2D eigenvalue weighted by molar-refractivity contribution is -0.157. The summed E-state index contributed by atoms with van der Waals surface area (Å²) in [4.78, 5) is 11.3. The van der Waals surface area contributed by atoms with Gasteiger partial charge in [-0.05, 0) is 24.3 Å². The topological polar surface area (TPSA) is 46.5 Å². The molecule has 0 heterocycles. The average molecular weight is 248 g/mol. The number of carboxylic acids is 1. The van der Waals surface area contributed by atoms with Crippen molar-refractivity contribution in [1.82, 2.24) is 0 Å². The van der Waals surface area contributed by atoms with Gasteiger partial charge in [0.1, 0.15) is 0 Å². The van der Waals surface area contributed by atoms with E-state index in [0.717, 1.165) is 24.8 Å². The van der Waals surface area contributed by atoms with Gasteiger partial charge in [-0.15, -0.1) is 0 Å². The van der Waals surface area contributed by atoms with E-state index >= 15 is 0 Å². The quantitative estimate of drug-likeness (QED) is 0.888. The third-order valence-electron chi connectivity index (χ3n) is 3.54. The van der Waals surface area contributed by atoms with E-state index in [1.807, 2.05) is 30.3 Å². The van der Waals surface area contributed by atoms with Gasteiger partial charge in [0.15, 0.2) is 6.10 Å². The van der Waals surface area contributed by atoms with Crippen LogP contribution in [-0.2, 0) is 9.53 Å². The Labute approximate surface area is 108 Å². The zero-order valence-corrected chi connectivity index (χ0v) is 10.7. The Morgan fingerprint density at radius 2 is 2.06 bits per heavy atom. The van der Waals surface area contributed by atoms with Crippen LogP contribution in [0.1, 0.15) is 44.3 Å². The first-order chi connectivity index (χ1) is 8.66.